The maximum Gasteiger partial charge on any atom is 0.256 e. The largest absolute Gasteiger partial charge is 0.481 e. The number of carbonyl (C=O) groups is 1. The quantitative estimate of drug-likeness (QED) is 0.931. The first kappa shape index (κ1) is 13.9. The van der Waals surface area contributed by atoms with Gasteiger partial charge < -0.3 is 10.1 Å². The molecule has 100 valence electrons. The van der Waals surface area contributed by atoms with E-state index < -0.39 is 0 Å². The molecule has 0 unspecified atom stereocenters. The first-order valence-corrected chi connectivity index (χ1v) is 6.53. The molecule has 5 nitrogen and oxygen atoms in total. The Hall–Kier alpha value is -1.53. The van der Waals surface area contributed by atoms with Gasteiger partial charge in [-0.3, -0.25) is 4.79 Å². The number of ether oxygens (including phenoxy) is 1. The van der Waals surface area contributed by atoms with Gasteiger partial charge in [-0.1, -0.05) is 11.6 Å². The lowest BCUT2D eigenvalue weighted by Gasteiger charge is -2.03. The lowest BCUT2D eigenvalue weighted by molar-refractivity contribution is 0.102. The van der Waals surface area contributed by atoms with Crippen LogP contribution in [0.2, 0.25) is 5.02 Å². The van der Waals surface area contributed by atoms with Crippen LogP contribution in [0.4, 0.5) is 5.82 Å². The minimum Gasteiger partial charge on any atom is -0.481 e. The molecule has 0 aliphatic carbocycles. The molecule has 0 radical (unpaired) electrons. The minimum atomic E-state index is -0.282. The highest BCUT2D eigenvalue weighted by atomic mass is 79.9. The zero-order valence-corrected chi connectivity index (χ0v) is 12.6. The number of halogens is 2. The number of aromatic nitrogens is 2. The van der Waals surface area contributed by atoms with Crippen LogP contribution in [0.15, 0.2) is 28.7 Å². The third-order valence-electron chi connectivity index (χ3n) is 2.47. The van der Waals surface area contributed by atoms with Crippen molar-refractivity contribution in [2.45, 2.75) is 0 Å². The Morgan fingerprint density at radius 1 is 1.47 bits per heavy atom. The van der Waals surface area contributed by atoms with Crippen LogP contribution < -0.4 is 10.1 Å². The fourth-order valence-electron chi connectivity index (χ4n) is 1.53. The molecular formula is C12H11BrClN3O2. The molecule has 0 atom stereocenters. The van der Waals surface area contributed by atoms with Crippen LogP contribution in [-0.4, -0.2) is 22.8 Å². The molecule has 0 aliphatic heterocycles. The molecule has 1 amide bonds. The van der Waals surface area contributed by atoms with Crippen molar-refractivity contribution in [1.82, 2.24) is 9.78 Å². The number of carbonyl (C=O) groups excluding carboxylic acids is 1. The number of nitrogens with zero attached hydrogens (tertiary/aromatic N) is 2. The van der Waals surface area contributed by atoms with E-state index in [0.29, 0.717) is 22.3 Å². The summed E-state index contributed by atoms with van der Waals surface area (Å²) in [6.45, 7) is 0. The summed E-state index contributed by atoms with van der Waals surface area (Å²) in [7, 11) is 3.27. The van der Waals surface area contributed by atoms with Crippen molar-refractivity contribution in [2.24, 2.45) is 7.05 Å². The van der Waals surface area contributed by atoms with Gasteiger partial charge in [0.05, 0.1) is 12.1 Å². The maximum absolute atomic E-state index is 12.0. The Labute approximate surface area is 123 Å². The van der Waals surface area contributed by atoms with Crippen molar-refractivity contribution < 1.29 is 9.53 Å². The molecule has 0 bridgehead atoms. The van der Waals surface area contributed by atoms with E-state index in [1.54, 1.807) is 31.3 Å². The molecule has 7 heteroatoms. The lowest BCUT2D eigenvalue weighted by Crippen LogP contribution is -2.12. The number of methoxy groups -OCH3 is 1. The lowest BCUT2D eigenvalue weighted by atomic mass is 10.2. The molecule has 0 saturated heterocycles. The number of nitrogens with one attached hydrogen (secondary N) is 1. The van der Waals surface area contributed by atoms with Gasteiger partial charge in [0, 0.05) is 23.2 Å². The highest BCUT2D eigenvalue weighted by Gasteiger charge is 2.11. The highest BCUT2D eigenvalue weighted by molar-refractivity contribution is 9.10. The Balaban J connectivity index is 2.18. The fourth-order valence-corrected chi connectivity index (χ4v) is 1.96. The molecule has 2 rings (SSSR count). The van der Waals surface area contributed by atoms with Crippen LogP contribution in [0.1, 0.15) is 10.4 Å². The second-order valence-electron chi connectivity index (χ2n) is 3.78. The highest BCUT2D eigenvalue weighted by Crippen LogP contribution is 2.24. The Morgan fingerprint density at radius 3 is 2.79 bits per heavy atom. The van der Waals surface area contributed by atoms with E-state index in [9.17, 15) is 4.79 Å². The number of amides is 1. The minimum absolute atomic E-state index is 0.282. The topological polar surface area (TPSA) is 56.1 Å². The van der Waals surface area contributed by atoms with Crippen molar-refractivity contribution in [3.63, 3.8) is 0 Å². The summed E-state index contributed by atoms with van der Waals surface area (Å²) in [6, 6.07) is 6.61. The summed E-state index contributed by atoms with van der Waals surface area (Å²) in [5, 5.41) is 7.26. The average molecular weight is 345 g/mol. The first-order chi connectivity index (χ1) is 9.01. The number of aryl methyl sites for hydroxylation is 1. The second kappa shape index (κ2) is 5.63. The van der Waals surface area contributed by atoms with Gasteiger partial charge in [0.25, 0.3) is 5.91 Å². The van der Waals surface area contributed by atoms with Crippen LogP contribution in [0.3, 0.4) is 0 Å². The van der Waals surface area contributed by atoms with E-state index in [0.717, 1.165) is 4.47 Å². The van der Waals surface area contributed by atoms with Gasteiger partial charge in [-0.25, -0.2) is 4.68 Å². The molecule has 0 spiro atoms. The van der Waals surface area contributed by atoms with E-state index in [1.165, 1.54) is 11.8 Å². The Bertz CT molecular complexity index is 627. The zero-order valence-electron chi connectivity index (χ0n) is 10.3. The fraction of sp³-hybridized carbons (Fsp3) is 0.167. The van der Waals surface area contributed by atoms with E-state index in [4.69, 9.17) is 16.3 Å². The third kappa shape index (κ3) is 3.08. The predicted octanol–water partition coefficient (Wildman–Crippen LogP) is 3.10. The molecule has 1 heterocycles. The molecule has 0 fully saturated rings. The standard InChI is InChI=1S/C12H11BrClN3O2/c1-17-11(19-2)6-10(16-17)15-12(18)7-3-4-8(13)9(14)5-7/h3-6H,1-2H3,(H,15,16,18). The normalized spacial score (nSPS) is 10.3. The summed E-state index contributed by atoms with van der Waals surface area (Å²) < 4.78 is 7.34. The molecule has 0 aliphatic rings. The number of hydrogen-bond donors (Lipinski definition) is 1. The van der Waals surface area contributed by atoms with Crippen LogP contribution in [-0.2, 0) is 7.05 Å². The third-order valence-corrected chi connectivity index (χ3v) is 3.70. The van der Waals surface area contributed by atoms with E-state index in [2.05, 4.69) is 26.3 Å². The maximum atomic E-state index is 12.0. The van der Waals surface area contributed by atoms with Crippen LogP contribution >= 0.6 is 27.5 Å². The second-order valence-corrected chi connectivity index (χ2v) is 5.04. The van der Waals surface area contributed by atoms with Gasteiger partial charge in [0.15, 0.2) is 5.82 Å². The SMILES string of the molecule is COc1cc(NC(=O)c2ccc(Br)c(Cl)c2)nn1C. The van der Waals surface area contributed by atoms with Gasteiger partial charge >= 0.3 is 0 Å². The summed E-state index contributed by atoms with van der Waals surface area (Å²) in [4.78, 5) is 12.0. The van der Waals surface area contributed by atoms with Gasteiger partial charge in [-0.15, -0.1) is 0 Å². The number of benzene rings is 1. The Morgan fingerprint density at radius 2 is 2.21 bits per heavy atom. The van der Waals surface area contributed by atoms with Gasteiger partial charge in [-0.05, 0) is 34.1 Å². The predicted molar refractivity (Wildman–Crippen MR) is 76.9 cm³/mol. The average Bonchev–Trinajstić information content (AvgIpc) is 2.72. The first-order valence-electron chi connectivity index (χ1n) is 5.35. The monoisotopic (exact) mass is 343 g/mol. The zero-order chi connectivity index (χ0) is 14.0. The molecule has 1 N–H and O–H groups in total. The summed E-state index contributed by atoms with van der Waals surface area (Å²) in [5.41, 5.74) is 0.456. The smallest absolute Gasteiger partial charge is 0.256 e. The van der Waals surface area contributed by atoms with E-state index >= 15 is 0 Å². The van der Waals surface area contributed by atoms with E-state index in [-0.39, 0.29) is 5.91 Å². The van der Waals surface area contributed by atoms with Crippen molar-refractivity contribution in [3.8, 4) is 5.88 Å². The van der Waals surface area contributed by atoms with Crippen LogP contribution in [0, 0.1) is 0 Å². The molecule has 1 aromatic heterocycles. The van der Waals surface area contributed by atoms with Crippen LogP contribution in [0.5, 0.6) is 5.88 Å². The van der Waals surface area contributed by atoms with Gasteiger partial charge in [0.1, 0.15) is 0 Å². The molecule has 0 saturated carbocycles. The number of rotatable bonds is 3. The van der Waals surface area contributed by atoms with Gasteiger partial charge in [0.2, 0.25) is 5.88 Å². The van der Waals surface area contributed by atoms with E-state index in [1.807, 2.05) is 0 Å². The summed E-state index contributed by atoms with van der Waals surface area (Å²) >= 11 is 9.22. The summed E-state index contributed by atoms with van der Waals surface area (Å²) in [5.74, 6) is 0.697. The van der Waals surface area contributed by atoms with Crippen LogP contribution in [0.25, 0.3) is 0 Å². The summed E-state index contributed by atoms with van der Waals surface area (Å²) in [6.07, 6.45) is 0. The van der Waals surface area contributed by atoms with Crippen molar-refractivity contribution >= 4 is 39.3 Å². The van der Waals surface area contributed by atoms with Crippen molar-refractivity contribution in [2.75, 3.05) is 12.4 Å². The molecular weight excluding hydrogens is 334 g/mol. The molecule has 2 aromatic rings. The Kier molecular flexibility index (Phi) is 4.11. The number of anilines is 1. The molecule has 19 heavy (non-hydrogen) atoms. The van der Waals surface area contributed by atoms with Gasteiger partial charge in [-0.2, -0.15) is 5.10 Å². The number of hydrogen-bond acceptors (Lipinski definition) is 3. The van der Waals surface area contributed by atoms with Crippen molar-refractivity contribution in [1.29, 1.82) is 0 Å². The van der Waals surface area contributed by atoms with Crippen molar-refractivity contribution in [3.05, 3.63) is 39.3 Å². The molecule has 1 aromatic carbocycles.